The Morgan fingerprint density at radius 2 is 2.05 bits per heavy atom. The molecule has 0 amide bonds. The van der Waals surface area contributed by atoms with Gasteiger partial charge in [0.25, 0.3) is 0 Å². The van der Waals surface area contributed by atoms with Crippen LogP contribution in [0.25, 0.3) is 11.0 Å². The topological polar surface area (TPSA) is 67.5 Å². The van der Waals surface area contributed by atoms with Crippen LogP contribution in [0.2, 0.25) is 0 Å². The van der Waals surface area contributed by atoms with Crippen molar-refractivity contribution < 1.29 is 14.3 Å². The maximum atomic E-state index is 12.2. The van der Waals surface area contributed by atoms with Crippen LogP contribution in [0.15, 0.2) is 21.3 Å². The number of carboxylic acid groups (broad SMARTS) is 1. The minimum Gasteiger partial charge on any atom is -0.475 e. The third-order valence-corrected chi connectivity index (χ3v) is 4.16. The average Bonchev–Trinajstić information content (AvgIpc) is 2.47. The van der Waals surface area contributed by atoms with Crippen molar-refractivity contribution in [2.45, 2.75) is 45.4 Å². The Morgan fingerprint density at radius 1 is 1.29 bits per heavy atom. The van der Waals surface area contributed by atoms with E-state index >= 15 is 0 Å². The lowest BCUT2D eigenvalue weighted by Crippen LogP contribution is -2.12. The van der Waals surface area contributed by atoms with Gasteiger partial charge in [0.1, 0.15) is 5.58 Å². The SMILES string of the molecule is CCCc1c2c(cc3c(=O)cc(C(=O)O)oc13)CCCC2. The van der Waals surface area contributed by atoms with Crippen molar-refractivity contribution in [2.24, 2.45) is 0 Å². The fraction of sp³-hybridized carbons (Fsp3) is 0.412. The summed E-state index contributed by atoms with van der Waals surface area (Å²) in [5.74, 6) is -1.48. The molecule has 0 radical (unpaired) electrons. The lowest BCUT2D eigenvalue weighted by molar-refractivity contribution is 0.0663. The molecule has 21 heavy (non-hydrogen) atoms. The Bertz CT molecular complexity index is 770. The summed E-state index contributed by atoms with van der Waals surface area (Å²) in [5.41, 5.74) is 3.74. The molecule has 3 rings (SSSR count). The molecule has 1 aromatic heterocycles. The number of aryl methyl sites for hydroxylation is 2. The van der Waals surface area contributed by atoms with Crippen LogP contribution in [0.1, 0.15) is 53.4 Å². The van der Waals surface area contributed by atoms with E-state index in [2.05, 4.69) is 6.92 Å². The van der Waals surface area contributed by atoms with Crippen LogP contribution in [0, 0.1) is 0 Å². The molecule has 0 fully saturated rings. The van der Waals surface area contributed by atoms with E-state index in [-0.39, 0.29) is 11.2 Å². The second-order valence-electron chi connectivity index (χ2n) is 5.61. The van der Waals surface area contributed by atoms with Crippen LogP contribution in [0.3, 0.4) is 0 Å². The van der Waals surface area contributed by atoms with E-state index < -0.39 is 5.97 Å². The van der Waals surface area contributed by atoms with Crippen molar-refractivity contribution in [3.63, 3.8) is 0 Å². The van der Waals surface area contributed by atoms with Crippen LogP contribution in [-0.2, 0) is 19.3 Å². The zero-order chi connectivity index (χ0) is 15.0. The molecule has 110 valence electrons. The van der Waals surface area contributed by atoms with Gasteiger partial charge in [-0.1, -0.05) is 13.3 Å². The quantitative estimate of drug-likeness (QED) is 0.939. The molecular weight excluding hydrogens is 268 g/mol. The molecule has 0 saturated heterocycles. The Labute approximate surface area is 122 Å². The Morgan fingerprint density at radius 3 is 2.76 bits per heavy atom. The minimum atomic E-state index is -1.20. The largest absolute Gasteiger partial charge is 0.475 e. The van der Waals surface area contributed by atoms with Crippen molar-refractivity contribution in [1.82, 2.24) is 0 Å². The van der Waals surface area contributed by atoms with Crippen LogP contribution in [-0.4, -0.2) is 11.1 Å². The fourth-order valence-corrected chi connectivity index (χ4v) is 3.23. The van der Waals surface area contributed by atoms with Crippen molar-refractivity contribution in [1.29, 1.82) is 0 Å². The van der Waals surface area contributed by atoms with Crippen molar-refractivity contribution in [2.75, 3.05) is 0 Å². The molecular formula is C17H18O4. The van der Waals surface area contributed by atoms with Gasteiger partial charge in [-0.2, -0.15) is 0 Å². The van der Waals surface area contributed by atoms with Gasteiger partial charge >= 0.3 is 5.97 Å². The third kappa shape index (κ3) is 2.35. The molecule has 0 atom stereocenters. The molecule has 1 aliphatic rings. The molecule has 4 nitrogen and oxygen atoms in total. The summed E-state index contributed by atoms with van der Waals surface area (Å²) in [4.78, 5) is 23.3. The highest BCUT2D eigenvalue weighted by molar-refractivity contribution is 5.89. The Kier molecular flexibility index (Phi) is 3.53. The van der Waals surface area contributed by atoms with Gasteiger partial charge in [0.2, 0.25) is 5.76 Å². The van der Waals surface area contributed by atoms with Crippen molar-refractivity contribution in [3.8, 4) is 0 Å². The number of carboxylic acids is 1. The summed E-state index contributed by atoms with van der Waals surface area (Å²) in [6.45, 7) is 2.08. The highest BCUT2D eigenvalue weighted by Gasteiger charge is 2.20. The second-order valence-corrected chi connectivity index (χ2v) is 5.61. The summed E-state index contributed by atoms with van der Waals surface area (Å²) in [7, 11) is 0. The molecule has 1 N–H and O–H groups in total. The average molecular weight is 286 g/mol. The highest BCUT2D eigenvalue weighted by atomic mass is 16.4. The monoisotopic (exact) mass is 286 g/mol. The molecule has 4 heteroatoms. The van der Waals surface area contributed by atoms with Crippen LogP contribution >= 0.6 is 0 Å². The number of hydrogen-bond donors (Lipinski definition) is 1. The number of carbonyl (C=O) groups is 1. The van der Waals surface area contributed by atoms with Crippen LogP contribution in [0.4, 0.5) is 0 Å². The predicted octanol–water partition coefficient (Wildman–Crippen LogP) is 3.32. The second kappa shape index (κ2) is 5.35. The smallest absolute Gasteiger partial charge is 0.371 e. The van der Waals surface area contributed by atoms with E-state index in [0.717, 1.165) is 50.2 Å². The summed E-state index contributed by atoms with van der Waals surface area (Å²) < 4.78 is 5.55. The number of hydrogen-bond acceptors (Lipinski definition) is 3. The van der Waals surface area contributed by atoms with E-state index in [4.69, 9.17) is 9.52 Å². The first-order chi connectivity index (χ1) is 10.1. The predicted molar refractivity (Wildman–Crippen MR) is 80.1 cm³/mol. The first-order valence-electron chi connectivity index (χ1n) is 7.46. The lowest BCUT2D eigenvalue weighted by Gasteiger charge is -2.20. The highest BCUT2D eigenvalue weighted by Crippen LogP contribution is 2.31. The molecule has 0 aliphatic heterocycles. The maximum Gasteiger partial charge on any atom is 0.371 e. The van der Waals surface area contributed by atoms with Gasteiger partial charge in [0.15, 0.2) is 5.43 Å². The van der Waals surface area contributed by atoms with Gasteiger partial charge in [0, 0.05) is 6.07 Å². The standard InChI is InChI=1S/C17H18O4/c1-2-5-12-11-7-4-3-6-10(11)8-13-14(18)9-15(17(19)20)21-16(12)13/h8-9H,2-7H2,1H3,(H,19,20). The van der Waals surface area contributed by atoms with Gasteiger partial charge in [-0.25, -0.2) is 4.79 Å². The summed E-state index contributed by atoms with van der Waals surface area (Å²) in [5, 5.41) is 9.61. The third-order valence-electron chi connectivity index (χ3n) is 4.16. The van der Waals surface area contributed by atoms with E-state index in [9.17, 15) is 9.59 Å². The van der Waals surface area contributed by atoms with E-state index in [0.29, 0.717) is 11.0 Å². The molecule has 0 saturated carbocycles. The molecule has 1 aliphatic carbocycles. The van der Waals surface area contributed by atoms with E-state index in [1.165, 1.54) is 11.1 Å². The lowest BCUT2D eigenvalue weighted by atomic mass is 9.85. The van der Waals surface area contributed by atoms with E-state index in [1.807, 2.05) is 6.07 Å². The summed E-state index contributed by atoms with van der Waals surface area (Å²) in [6, 6.07) is 2.98. The van der Waals surface area contributed by atoms with Gasteiger partial charge < -0.3 is 9.52 Å². The number of rotatable bonds is 3. The Balaban J connectivity index is 2.38. The molecule has 2 aromatic rings. The first-order valence-corrected chi connectivity index (χ1v) is 7.46. The van der Waals surface area contributed by atoms with Crippen molar-refractivity contribution >= 4 is 16.9 Å². The number of benzene rings is 1. The van der Waals surface area contributed by atoms with Gasteiger partial charge in [-0.15, -0.1) is 0 Å². The molecule has 0 spiro atoms. The molecule has 0 unspecified atom stereocenters. The van der Waals surface area contributed by atoms with Gasteiger partial charge in [0.05, 0.1) is 5.39 Å². The zero-order valence-electron chi connectivity index (χ0n) is 12.1. The van der Waals surface area contributed by atoms with Crippen LogP contribution in [0.5, 0.6) is 0 Å². The van der Waals surface area contributed by atoms with Crippen LogP contribution < -0.4 is 5.43 Å². The normalized spacial score (nSPS) is 14.1. The number of aromatic carboxylic acids is 1. The molecule has 1 aromatic carbocycles. The number of fused-ring (bicyclic) bond motifs is 2. The van der Waals surface area contributed by atoms with Gasteiger partial charge in [-0.3, -0.25) is 4.79 Å². The molecule has 1 heterocycles. The van der Waals surface area contributed by atoms with E-state index in [1.54, 1.807) is 0 Å². The fourth-order valence-electron chi connectivity index (χ4n) is 3.23. The minimum absolute atomic E-state index is 0.264. The van der Waals surface area contributed by atoms with Crippen molar-refractivity contribution in [3.05, 3.63) is 44.8 Å². The molecule has 0 bridgehead atoms. The maximum absolute atomic E-state index is 12.2. The van der Waals surface area contributed by atoms with Gasteiger partial charge in [-0.05, 0) is 54.9 Å². The zero-order valence-corrected chi connectivity index (χ0v) is 12.1. The first kappa shape index (κ1) is 13.9. The Hall–Kier alpha value is -2.10. The summed E-state index contributed by atoms with van der Waals surface area (Å²) >= 11 is 0. The summed E-state index contributed by atoms with van der Waals surface area (Å²) in [6.07, 6.45) is 6.00.